The first-order chi connectivity index (χ1) is 9.15. The minimum Gasteiger partial charge on any atom is -0.349 e. The molecule has 1 aromatic rings. The Labute approximate surface area is 119 Å². The number of piperidine rings is 1. The Kier molecular flexibility index (Phi) is 5.16. The fourth-order valence-corrected chi connectivity index (χ4v) is 2.60. The lowest BCUT2D eigenvalue weighted by Crippen LogP contribution is -2.40. The smallest absolute Gasteiger partial charge is 0.269 e. The first-order valence-corrected chi connectivity index (χ1v) is 7.15. The molecule has 1 atom stereocenters. The zero-order valence-corrected chi connectivity index (χ0v) is 12.0. The van der Waals surface area contributed by atoms with Crippen molar-refractivity contribution in [1.82, 2.24) is 15.2 Å². The number of pyridine rings is 1. The molecule has 1 fully saturated rings. The third-order valence-corrected chi connectivity index (χ3v) is 3.64. The molecular weight excluding hydrogens is 262 g/mol. The van der Waals surface area contributed by atoms with E-state index >= 15 is 0 Å². The topological polar surface area (TPSA) is 45.2 Å². The van der Waals surface area contributed by atoms with Crippen molar-refractivity contribution in [2.24, 2.45) is 5.92 Å². The maximum absolute atomic E-state index is 11.9. The van der Waals surface area contributed by atoms with Gasteiger partial charge in [-0.3, -0.25) is 9.78 Å². The molecule has 1 unspecified atom stereocenters. The van der Waals surface area contributed by atoms with Crippen molar-refractivity contribution in [3.8, 4) is 0 Å². The van der Waals surface area contributed by atoms with Gasteiger partial charge in [-0.25, -0.2) is 0 Å². The number of nitrogens with one attached hydrogen (secondary N) is 1. The van der Waals surface area contributed by atoms with Gasteiger partial charge in [-0.2, -0.15) is 0 Å². The molecule has 1 amide bonds. The molecule has 5 heteroatoms. The van der Waals surface area contributed by atoms with Crippen LogP contribution in [0.25, 0.3) is 0 Å². The highest BCUT2D eigenvalue weighted by molar-refractivity contribution is 6.30. The molecule has 0 radical (unpaired) electrons. The predicted octanol–water partition coefficient (Wildman–Crippen LogP) is 2.20. The van der Waals surface area contributed by atoms with Gasteiger partial charge in [0.25, 0.3) is 5.91 Å². The van der Waals surface area contributed by atoms with Gasteiger partial charge in [-0.15, -0.1) is 0 Å². The van der Waals surface area contributed by atoms with Crippen LogP contribution in [0.5, 0.6) is 0 Å². The zero-order valence-electron chi connectivity index (χ0n) is 11.2. The van der Waals surface area contributed by atoms with Gasteiger partial charge in [-0.1, -0.05) is 18.5 Å². The van der Waals surface area contributed by atoms with Gasteiger partial charge in [0.1, 0.15) is 5.69 Å². The van der Waals surface area contributed by atoms with Crippen LogP contribution in [-0.4, -0.2) is 42.0 Å². The van der Waals surface area contributed by atoms with Crippen LogP contribution in [0, 0.1) is 5.92 Å². The van der Waals surface area contributed by atoms with E-state index in [2.05, 4.69) is 22.1 Å². The van der Waals surface area contributed by atoms with Gasteiger partial charge in [0.2, 0.25) is 0 Å². The Morgan fingerprint density at radius 3 is 3.21 bits per heavy atom. The second kappa shape index (κ2) is 6.87. The lowest BCUT2D eigenvalue weighted by Gasteiger charge is -2.30. The van der Waals surface area contributed by atoms with Crippen LogP contribution in [0.4, 0.5) is 0 Å². The standard InChI is InChI=1S/C14H20ClN3O/c1-11-3-2-7-18(10-11)8-6-17-14(19)13-9-12(15)4-5-16-13/h4-5,9,11H,2-3,6-8,10H2,1H3,(H,17,19). The molecule has 104 valence electrons. The Bertz CT molecular complexity index is 438. The number of likely N-dealkylation sites (tertiary alicyclic amines) is 1. The van der Waals surface area contributed by atoms with Gasteiger partial charge >= 0.3 is 0 Å². The van der Waals surface area contributed by atoms with Crippen molar-refractivity contribution in [2.75, 3.05) is 26.2 Å². The highest BCUT2D eigenvalue weighted by atomic mass is 35.5. The van der Waals surface area contributed by atoms with E-state index in [0.717, 1.165) is 25.6 Å². The molecule has 2 rings (SSSR count). The third kappa shape index (κ3) is 4.48. The van der Waals surface area contributed by atoms with E-state index in [-0.39, 0.29) is 5.91 Å². The zero-order chi connectivity index (χ0) is 13.7. The Balaban J connectivity index is 1.75. The highest BCUT2D eigenvalue weighted by Gasteiger charge is 2.16. The van der Waals surface area contributed by atoms with E-state index < -0.39 is 0 Å². The molecule has 1 aliphatic rings. The largest absolute Gasteiger partial charge is 0.349 e. The maximum atomic E-state index is 11.9. The maximum Gasteiger partial charge on any atom is 0.269 e. The predicted molar refractivity (Wildman–Crippen MR) is 76.4 cm³/mol. The van der Waals surface area contributed by atoms with E-state index in [9.17, 15) is 4.79 Å². The van der Waals surface area contributed by atoms with E-state index in [1.807, 2.05) is 0 Å². The number of rotatable bonds is 4. The summed E-state index contributed by atoms with van der Waals surface area (Å²) in [6.07, 6.45) is 4.11. The summed E-state index contributed by atoms with van der Waals surface area (Å²) in [7, 11) is 0. The molecule has 1 saturated heterocycles. The fraction of sp³-hybridized carbons (Fsp3) is 0.571. The lowest BCUT2D eigenvalue weighted by atomic mass is 10.0. The van der Waals surface area contributed by atoms with Gasteiger partial charge in [0.15, 0.2) is 0 Å². The van der Waals surface area contributed by atoms with E-state index in [1.165, 1.54) is 12.8 Å². The second-order valence-electron chi connectivity index (χ2n) is 5.16. The van der Waals surface area contributed by atoms with Crippen molar-refractivity contribution < 1.29 is 4.79 Å². The average molecular weight is 282 g/mol. The first-order valence-electron chi connectivity index (χ1n) is 6.77. The number of amides is 1. The van der Waals surface area contributed by atoms with Crippen LogP contribution in [0.2, 0.25) is 5.02 Å². The van der Waals surface area contributed by atoms with Gasteiger partial charge < -0.3 is 10.2 Å². The van der Waals surface area contributed by atoms with Crippen LogP contribution in [0.3, 0.4) is 0 Å². The van der Waals surface area contributed by atoms with Gasteiger partial charge in [0.05, 0.1) is 0 Å². The van der Waals surface area contributed by atoms with E-state index in [4.69, 9.17) is 11.6 Å². The summed E-state index contributed by atoms with van der Waals surface area (Å²) in [6, 6.07) is 3.24. The molecule has 2 heterocycles. The molecule has 0 aliphatic carbocycles. The van der Waals surface area contributed by atoms with Crippen molar-refractivity contribution in [2.45, 2.75) is 19.8 Å². The van der Waals surface area contributed by atoms with Crippen molar-refractivity contribution in [3.05, 3.63) is 29.0 Å². The molecule has 0 bridgehead atoms. The molecule has 0 saturated carbocycles. The molecule has 1 N–H and O–H groups in total. The first kappa shape index (κ1) is 14.3. The van der Waals surface area contributed by atoms with Crippen molar-refractivity contribution in [1.29, 1.82) is 0 Å². The van der Waals surface area contributed by atoms with Crippen LogP contribution < -0.4 is 5.32 Å². The lowest BCUT2D eigenvalue weighted by molar-refractivity contribution is 0.0939. The van der Waals surface area contributed by atoms with Gasteiger partial charge in [-0.05, 0) is 37.4 Å². The van der Waals surface area contributed by atoms with Crippen molar-refractivity contribution >= 4 is 17.5 Å². The fourth-order valence-electron chi connectivity index (χ4n) is 2.44. The monoisotopic (exact) mass is 281 g/mol. The van der Waals surface area contributed by atoms with E-state index in [1.54, 1.807) is 18.3 Å². The van der Waals surface area contributed by atoms with E-state index in [0.29, 0.717) is 17.3 Å². The number of carbonyl (C=O) groups is 1. The molecule has 19 heavy (non-hydrogen) atoms. The number of carbonyl (C=O) groups excluding carboxylic acids is 1. The SMILES string of the molecule is CC1CCCN(CCNC(=O)c2cc(Cl)ccn2)C1. The Hall–Kier alpha value is -1.13. The number of nitrogens with zero attached hydrogens (tertiary/aromatic N) is 2. The summed E-state index contributed by atoms with van der Waals surface area (Å²) < 4.78 is 0. The van der Waals surface area contributed by atoms with Crippen LogP contribution in [0.15, 0.2) is 18.3 Å². The van der Waals surface area contributed by atoms with Crippen LogP contribution >= 0.6 is 11.6 Å². The minimum atomic E-state index is -0.160. The summed E-state index contributed by atoms with van der Waals surface area (Å²) in [5.41, 5.74) is 0.375. The quantitative estimate of drug-likeness (QED) is 0.920. The Morgan fingerprint density at radius 1 is 1.63 bits per heavy atom. The molecule has 1 aromatic heterocycles. The molecule has 4 nitrogen and oxygen atoms in total. The summed E-state index contributed by atoms with van der Waals surface area (Å²) in [6.45, 7) is 6.10. The van der Waals surface area contributed by atoms with Crippen LogP contribution in [-0.2, 0) is 0 Å². The summed E-state index contributed by atoms with van der Waals surface area (Å²) in [4.78, 5) is 18.3. The molecular formula is C14H20ClN3O. The van der Waals surface area contributed by atoms with Crippen molar-refractivity contribution in [3.63, 3.8) is 0 Å². The highest BCUT2D eigenvalue weighted by Crippen LogP contribution is 2.14. The number of hydrogen-bond acceptors (Lipinski definition) is 3. The summed E-state index contributed by atoms with van der Waals surface area (Å²) in [5.74, 6) is 0.603. The molecule has 0 aromatic carbocycles. The van der Waals surface area contributed by atoms with Crippen LogP contribution in [0.1, 0.15) is 30.3 Å². The summed E-state index contributed by atoms with van der Waals surface area (Å²) >= 11 is 5.83. The second-order valence-corrected chi connectivity index (χ2v) is 5.60. The normalized spacial score (nSPS) is 20.2. The molecule has 0 spiro atoms. The number of aromatic nitrogens is 1. The average Bonchev–Trinajstić information content (AvgIpc) is 2.38. The summed E-state index contributed by atoms with van der Waals surface area (Å²) in [5, 5.41) is 3.42. The minimum absolute atomic E-state index is 0.160. The molecule has 1 aliphatic heterocycles. The van der Waals surface area contributed by atoms with Gasteiger partial charge in [0, 0.05) is 30.9 Å². The number of halogens is 1. The third-order valence-electron chi connectivity index (χ3n) is 3.41. The number of hydrogen-bond donors (Lipinski definition) is 1. The Morgan fingerprint density at radius 2 is 2.47 bits per heavy atom.